The highest BCUT2D eigenvalue weighted by Gasteiger charge is 2.13. The zero-order chi connectivity index (χ0) is 22.0. The van der Waals surface area contributed by atoms with E-state index in [0.717, 1.165) is 38.1 Å². The minimum atomic E-state index is -0.137. The number of nitrogens with one attached hydrogen (secondary N) is 1. The molecule has 0 atom stereocenters. The van der Waals surface area contributed by atoms with Crippen LogP contribution in [0.5, 0.6) is 5.75 Å². The number of hydrogen-bond acceptors (Lipinski definition) is 5. The van der Waals surface area contributed by atoms with Gasteiger partial charge in [0.05, 0.1) is 12.3 Å². The first-order valence-electron chi connectivity index (χ1n) is 10.0. The number of ether oxygens (including phenoxy) is 1. The van der Waals surface area contributed by atoms with E-state index in [4.69, 9.17) is 16.3 Å². The molecule has 4 aromatic rings. The molecule has 2 aromatic heterocycles. The number of thiazole rings is 1. The van der Waals surface area contributed by atoms with Gasteiger partial charge in [0.25, 0.3) is 0 Å². The molecule has 160 valence electrons. The summed E-state index contributed by atoms with van der Waals surface area (Å²) in [5.41, 5.74) is 5.17. The summed E-state index contributed by atoms with van der Waals surface area (Å²) in [4.78, 5) is 17.5. The van der Waals surface area contributed by atoms with E-state index < -0.39 is 0 Å². The Bertz CT molecular complexity index is 1210. The number of rotatable bonds is 7. The second-order valence-electron chi connectivity index (χ2n) is 7.49. The molecule has 0 unspecified atom stereocenters. The van der Waals surface area contributed by atoms with Gasteiger partial charge in [0.2, 0.25) is 16.8 Å². The lowest BCUT2D eigenvalue weighted by molar-refractivity contribution is -0.116. The van der Waals surface area contributed by atoms with Gasteiger partial charge in [-0.25, -0.2) is 4.52 Å². The number of nitrogens with zero attached hydrogens (tertiary/aromatic N) is 3. The Balaban J connectivity index is 1.32. The maximum absolute atomic E-state index is 12.3. The molecule has 0 aliphatic carbocycles. The van der Waals surface area contributed by atoms with Crippen molar-refractivity contribution in [3.8, 4) is 17.0 Å². The first-order valence-corrected chi connectivity index (χ1v) is 11.3. The van der Waals surface area contributed by atoms with Crippen molar-refractivity contribution in [1.29, 1.82) is 0 Å². The van der Waals surface area contributed by atoms with Crippen LogP contribution in [0, 0.1) is 20.8 Å². The molecule has 0 saturated carbocycles. The quantitative estimate of drug-likeness (QED) is 0.356. The molecular weight excluding hydrogens is 432 g/mol. The molecule has 0 aliphatic heterocycles. The third-order valence-corrected chi connectivity index (χ3v) is 6.32. The highest BCUT2D eigenvalue weighted by Crippen LogP contribution is 2.27. The van der Waals surface area contributed by atoms with Gasteiger partial charge >= 0.3 is 0 Å². The molecule has 31 heavy (non-hydrogen) atoms. The lowest BCUT2D eigenvalue weighted by atomic mass is 10.1. The summed E-state index contributed by atoms with van der Waals surface area (Å²) in [5.74, 6) is 0.941. The van der Waals surface area contributed by atoms with E-state index in [0.29, 0.717) is 25.4 Å². The van der Waals surface area contributed by atoms with E-state index in [9.17, 15) is 4.79 Å². The van der Waals surface area contributed by atoms with Crippen LogP contribution >= 0.6 is 22.9 Å². The first-order chi connectivity index (χ1) is 14.9. The van der Waals surface area contributed by atoms with Crippen molar-refractivity contribution in [2.75, 3.05) is 11.9 Å². The van der Waals surface area contributed by atoms with Gasteiger partial charge in [0, 0.05) is 22.4 Å². The number of fused-ring (bicyclic) bond motifs is 1. The van der Waals surface area contributed by atoms with E-state index in [2.05, 4.69) is 46.6 Å². The lowest BCUT2D eigenvalue weighted by Crippen LogP contribution is -2.14. The maximum Gasteiger partial charge on any atom is 0.250 e. The second-order valence-corrected chi connectivity index (χ2v) is 8.70. The number of carbonyl (C=O) groups is 1. The molecule has 1 N–H and O–H groups in total. The molecule has 0 fully saturated rings. The van der Waals surface area contributed by atoms with Crippen LogP contribution in [0.2, 0.25) is 5.02 Å². The number of benzene rings is 2. The monoisotopic (exact) mass is 454 g/mol. The molecule has 4 rings (SSSR count). The normalized spacial score (nSPS) is 11.1. The summed E-state index contributed by atoms with van der Waals surface area (Å²) in [6.45, 7) is 6.39. The molecule has 6 nitrogen and oxygen atoms in total. The molecule has 0 spiro atoms. The second kappa shape index (κ2) is 9.08. The number of halogens is 1. The van der Waals surface area contributed by atoms with Gasteiger partial charge in [-0.3, -0.25) is 10.1 Å². The molecule has 0 radical (unpaired) electrons. The molecule has 1 amide bonds. The molecular formula is C23H23ClN4O2S. The third kappa shape index (κ3) is 4.89. The van der Waals surface area contributed by atoms with Crippen molar-refractivity contribution >= 4 is 39.8 Å². The van der Waals surface area contributed by atoms with Crippen LogP contribution in [-0.4, -0.2) is 27.1 Å². The van der Waals surface area contributed by atoms with Crippen LogP contribution in [0.4, 0.5) is 5.95 Å². The fraction of sp³-hybridized carbons (Fsp3) is 0.261. The zero-order valence-corrected chi connectivity index (χ0v) is 19.2. The third-order valence-electron chi connectivity index (χ3n) is 4.91. The number of carbonyl (C=O) groups excluding carboxylic acids is 1. The van der Waals surface area contributed by atoms with E-state index in [-0.39, 0.29) is 5.91 Å². The maximum atomic E-state index is 12.3. The van der Waals surface area contributed by atoms with Crippen molar-refractivity contribution in [3.63, 3.8) is 0 Å². The van der Waals surface area contributed by atoms with Crippen LogP contribution in [-0.2, 0) is 4.79 Å². The summed E-state index contributed by atoms with van der Waals surface area (Å²) < 4.78 is 7.52. The molecule has 2 heterocycles. The SMILES string of the molecule is Cc1ccc(-c2csc3nc(NC(=O)CCCOc4cc(C)c(Cl)c(C)c4)nn23)cc1. The highest BCUT2D eigenvalue weighted by atomic mass is 35.5. The average Bonchev–Trinajstić information content (AvgIpc) is 3.30. The van der Waals surface area contributed by atoms with Crippen LogP contribution < -0.4 is 10.1 Å². The minimum absolute atomic E-state index is 0.137. The summed E-state index contributed by atoms with van der Waals surface area (Å²) in [5, 5.41) is 10.0. The number of hydrogen-bond donors (Lipinski definition) is 1. The van der Waals surface area contributed by atoms with E-state index in [1.54, 1.807) is 4.52 Å². The summed E-state index contributed by atoms with van der Waals surface area (Å²) in [7, 11) is 0. The largest absolute Gasteiger partial charge is 0.494 e. The van der Waals surface area contributed by atoms with Gasteiger partial charge in [0.1, 0.15) is 5.75 Å². The predicted molar refractivity (Wildman–Crippen MR) is 125 cm³/mol. The lowest BCUT2D eigenvalue weighted by Gasteiger charge is -2.09. The summed E-state index contributed by atoms with van der Waals surface area (Å²) in [6.07, 6.45) is 0.909. The van der Waals surface area contributed by atoms with Gasteiger partial charge in [-0.15, -0.1) is 16.4 Å². The van der Waals surface area contributed by atoms with Gasteiger partial charge < -0.3 is 4.74 Å². The minimum Gasteiger partial charge on any atom is -0.494 e. The Hall–Kier alpha value is -2.90. The Morgan fingerprint density at radius 1 is 1.16 bits per heavy atom. The number of aromatic nitrogens is 3. The summed E-state index contributed by atoms with van der Waals surface area (Å²) in [6, 6.07) is 12.0. The van der Waals surface area contributed by atoms with E-state index in [1.807, 2.05) is 31.4 Å². The van der Waals surface area contributed by atoms with Crippen molar-refractivity contribution in [1.82, 2.24) is 14.6 Å². The first kappa shape index (κ1) is 21.3. The van der Waals surface area contributed by atoms with Crippen LogP contribution in [0.1, 0.15) is 29.5 Å². The highest BCUT2D eigenvalue weighted by molar-refractivity contribution is 7.15. The zero-order valence-electron chi connectivity index (χ0n) is 17.6. The van der Waals surface area contributed by atoms with E-state index >= 15 is 0 Å². The molecule has 0 aliphatic rings. The number of amides is 1. The van der Waals surface area contributed by atoms with Crippen molar-refractivity contribution in [3.05, 3.63) is 63.5 Å². The van der Waals surface area contributed by atoms with Gasteiger partial charge in [-0.05, 0) is 50.5 Å². The molecule has 0 saturated heterocycles. The molecule has 0 bridgehead atoms. The Morgan fingerprint density at radius 2 is 1.87 bits per heavy atom. The topological polar surface area (TPSA) is 68.5 Å². The Labute approximate surface area is 189 Å². The number of aryl methyl sites for hydroxylation is 3. The van der Waals surface area contributed by atoms with Crippen LogP contribution in [0.3, 0.4) is 0 Å². The van der Waals surface area contributed by atoms with Gasteiger partial charge in [0.15, 0.2) is 0 Å². The fourth-order valence-electron chi connectivity index (χ4n) is 3.26. The average molecular weight is 455 g/mol. The van der Waals surface area contributed by atoms with Crippen molar-refractivity contribution < 1.29 is 9.53 Å². The van der Waals surface area contributed by atoms with E-state index in [1.165, 1.54) is 16.9 Å². The van der Waals surface area contributed by atoms with Gasteiger partial charge in [-0.1, -0.05) is 41.4 Å². The van der Waals surface area contributed by atoms with Gasteiger partial charge in [-0.2, -0.15) is 4.98 Å². The molecule has 8 heteroatoms. The smallest absolute Gasteiger partial charge is 0.250 e. The fourth-order valence-corrected chi connectivity index (χ4v) is 4.20. The molecule has 2 aromatic carbocycles. The standard InChI is InChI=1S/C23H23ClN4O2S/c1-14-6-8-17(9-7-14)19-13-31-23-26-22(27-28(19)23)25-20(29)5-4-10-30-18-11-15(2)21(24)16(3)12-18/h6-9,11-13H,4-5,10H2,1-3H3,(H,25,27,29). The van der Waals surface area contributed by atoms with Crippen molar-refractivity contribution in [2.45, 2.75) is 33.6 Å². The number of anilines is 1. The van der Waals surface area contributed by atoms with Crippen LogP contribution in [0.25, 0.3) is 16.2 Å². The summed E-state index contributed by atoms with van der Waals surface area (Å²) >= 11 is 7.67. The predicted octanol–water partition coefficient (Wildman–Crippen LogP) is 5.83. The Morgan fingerprint density at radius 3 is 2.58 bits per heavy atom. The Kier molecular flexibility index (Phi) is 6.25. The van der Waals surface area contributed by atoms with Crippen LogP contribution in [0.15, 0.2) is 41.8 Å². The van der Waals surface area contributed by atoms with Crippen molar-refractivity contribution in [2.24, 2.45) is 0 Å².